The van der Waals surface area contributed by atoms with Crippen molar-refractivity contribution in [3.05, 3.63) is 17.9 Å². The molecule has 1 heterocycles. The van der Waals surface area contributed by atoms with Gasteiger partial charge in [-0.1, -0.05) is 0 Å². The van der Waals surface area contributed by atoms with E-state index in [2.05, 4.69) is 0 Å². The summed E-state index contributed by atoms with van der Waals surface area (Å²) in [6.07, 6.45) is 1.68. The van der Waals surface area contributed by atoms with E-state index in [9.17, 15) is 9.18 Å². The summed E-state index contributed by atoms with van der Waals surface area (Å²) in [4.78, 5) is 15.7. The third-order valence-corrected chi connectivity index (χ3v) is 3.59. The van der Waals surface area contributed by atoms with Crippen LogP contribution in [0.3, 0.4) is 0 Å². The molecule has 0 saturated carbocycles. The van der Waals surface area contributed by atoms with Crippen LogP contribution in [0.15, 0.2) is 12.1 Å². The molecule has 2 N–H and O–H groups in total. The Kier molecular flexibility index (Phi) is 4.01. The van der Waals surface area contributed by atoms with Crippen LogP contribution in [0, 0.1) is 5.82 Å². The number of carbonyl (C=O) groups is 1. The summed E-state index contributed by atoms with van der Waals surface area (Å²) in [5.74, 6) is -0.328. The largest absolute Gasteiger partial charge is 0.494 e. The molecule has 6 heteroatoms. The molecule has 5 nitrogen and oxygen atoms in total. The zero-order valence-electron chi connectivity index (χ0n) is 12.0. The topological polar surface area (TPSA) is 58.8 Å². The Bertz CT molecular complexity index is 519. The van der Waals surface area contributed by atoms with Gasteiger partial charge in [-0.15, -0.1) is 0 Å². The number of nitrogens with two attached hydrogens (primary N) is 1. The molecule has 2 rings (SSSR count). The van der Waals surface area contributed by atoms with Crippen molar-refractivity contribution in [2.45, 2.75) is 18.9 Å². The number of nitrogen functional groups attached to an aromatic ring is 1. The molecule has 0 radical (unpaired) electrons. The number of rotatable bonds is 3. The first-order valence-electron chi connectivity index (χ1n) is 6.56. The Hall–Kier alpha value is -1.98. The fourth-order valence-corrected chi connectivity index (χ4v) is 2.57. The monoisotopic (exact) mass is 281 g/mol. The number of ether oxygens (including phenoxy) is 1. The van der Waals surface area contributed by atoms with Gasteiger partial charge in [-0.2, -0.15) is 0 Å². The zero-order valence-corrected chi connectivity index (χ0v) is 12.0. The van der Waals surface area contributed by atoms with Crippen LogP contribution in [0.5, 0.6) is 5.75 Å². The summed E-state index contributed by atoms with van der Waals surface area (Å²) in [5.41, 5.74) is 6.88. The molecule has 0 aliphatic carbocycles. The second kappa shape index (κ2) is 5.56. The summed E-state index contributed by atoms with van der Waals surface area (Å²) < 4.78 is 18.6. The summed E-state index contributed by atoms with van der Waals surface area (Å²) >= 11 is 0. The van der Waals surface area contributed by atoms with Gasteiger partial charge >= 0.3 is 0 Å². The normalized spacial score (nSPS) is 18.2. The van der Waals surface area contributed by atoms with E-state index in [0.717, 1.165) is 19.4 Å². The molecule has 20 heavy (non-hydrogen) atoms. The highest BCUT2D eigenvalue weighted by Gasteiger charge is 2.33. The number of benzene rings is 1. The van der Waals surface area contributed by atoms with Gasteiger partial charge in [-0.25, -0.2) is 4.39 Å². The number of methoxy groups -OCH3 is 1. The zero-order chi connectivity index (χ0) is 14.9. The maximum absolute atomic E-state index is 13.6. The van der Waals surface area contributed by atoms with Crippen LogP contribution in [0.1, 0.15) is 12.8 Å². The fraction of sp³-hybridized carbons (Fsp3) is 0.500. The molecule has 1 aromatic carbocycles. The molecule has 1 amide bonds. The lowest BCUT2D eigenvalue weighted by molar-refractivity contribution is -0.129. The molecule has 0 spiro atoms. The summed E-state index contributed by atoms with van der Waals surface area (Å²) in [5, 5.41) is 0. The number of hydrogen-bond donors (Lipinski definition) is 1. The Labute approximate surface area is 118 Å². The number of likely N-dealkylation sites (N-methyl/N-ethyl adjacent to an activating group) is 1. The van der Waals surface area contributed by atoms with Gasteiger partial charge in [-0.3, -0.25) is 4.79 Å². The van der Waals surface area contributed by atoms with Crippen LogP contribution in [0.4, 0.5) is 15.8 Å². The number of hydrogen-bond acceptors (Lipinski definition) is 4. The smallest absolute Gasteiger partial charge is 0.244 e. The van der Waals surface area contributed by atoms with Gasteiger partial charge in [-0.05, 0) is 12.8 Å². The highest BCUT2D eigenvalue weighted by atomic mass is 19.1. The van der Waals surface area contributed by atoms with Gasteiger partial charge < -0.3 is 20.3 Å². The molecule has 1 aliphatic heterocycles. The van der Waals surface area contributed by atoms with Crippen LogP contribution in [0.25, 0.3) is 0 Å². The van der Waals surface area contributed by atoms with E-state index >= 15 is 0 Å². The first kappa shape index (κ1) is 14.4. The minimum Gasteiger partial charge on any atom is -0.494 e. The van der Waals surface area contributed by atoms with Crippen molar-refractivity contribution in [3.63, 3.8) is 0 Å². The van der Waals surface area contributed by atoms with Crippen molar-refractivity contribution in [2.24, 2.45) is 0 Å². The van der Waals surface area contributed by atoms with E-state index in [-0.39, 0.29) is 17.7 Å². The van der Waals surface area contributed by atoms with Gasteiger partial charge in [0.2, 0.25) is 5.91 Å². The number of anilines is 2. The van der Waals surface area contributed by atoms with Crippen molar-refractivity contribution in [2.75, 3.05) is 38.4 Å². The van der Waals surface area contributed by atoms with E-state index in [0.29, 0.717) is 11.4 Å². The predicted octanol–water partition coefficient (Wildman–Crippen LogP) is 1.47. The maximum atomic E-state index is 13.6. The molecule has 1 aliphatic rings. The Morgan fingerprint density at radius 3 is 2.80 bits per heavy atom. The highest BCUT2D eigenvalue weighted by molar-refractivity contribution is 5.87. The fourth-order valence-electron chi connectivity index (χ4n) is 2.57. The van der Waals surface area contributed by atoms with Gasteiger partial charge in [0, 0.05) is 32.8 Å². The maximum Gasteiger partial charge on any atom is 0.244 e. The summed E-state index contributed by atoms with van der Waals surface area (Å²) in [6, 6.07) is 2.55. The lowest BCUT2D eigenvalue weighted by atomic mass is 10.1. The average Bonchev–Trinajstić information content (AvgIpc) is 2.86. The van der Waals surface area contributed by atoms with E-state index in [4.69, 9.17) is 10.5 Å². The molecule has 1 aromatic rings. The summed E-state index contributed by atoms with van der Waals surface area (Å²) in [6.45, 7) is 0.725. The van der Waals surface area contributed by atoms with E-state index < -0.39 is 5.82 Å². The Morgan fingerprint density at radius 1 is 1.50 bits per heavy atom. The van der Waals surface area contributed by atoms with E-state index in [1.54, 1.807) is 25.1 Å². The van der Waals surface area contributed by atoms with E-state index in [1.807, 2.05) is 4.90 Å². The lowest BCUT2D eigenvalue weighted by Gasteiger charge is -2.29. The standard InChI is InChI=1S/C14H20FN3O2/c1-17(2)14(19)11-5-4-6-18(11)12-8-13(20-3)9(15)7-10(12)16/h7-8,11H,4-6,16H2,1-3H3. The number of halogens is 1. The lowest BCUT2D eigenvalue weighted by Crippen LogP contribution is -2.43. The molecular weight excluding hydrogens is 261 g/mol. The SMILES string of the molecule is COc1cc(N2CCCC2C(=O)N(C)C)c(N)cc1F. The van der Waals surface area contributed by atoms with Gasteiger partial charge in [0.05, 0.1) is 18.5 Å². The molecule has 1 unspecified atom stereocenters. The molecule has 1 fully saturated rings. The van der Waals surface area contributed by atoms with Crippen molar-refractivity contribution in [1.82, 2.24) is 4.90 Å². The Morgan fingerprint density at radius 2 is 2.20 bits per heavy atom. The van der Waals surface area contributed by atoms with Gasteiger partial charge in [0.15, 0.2) is 11.6 Å². The molecule has 0 bridgehead atoms. The third-order valence-electron chi connectivity index (χ3n) is 3.59. The summed E-state index contributed by atoms with van der Waals surface area (Å²) in [7, 11) is 4.87. The van der Waals surface area contributed by atoms with Crippen LogP contribution < -0.4 is 15.4 Å². The highest BCUT2D eigenvalue weighted by Crippen LogP contribution is 2.35. The van der Waals surface area contributed by atoms with Crippen molar-refractivity contribution < 1.29 is 13.9 Å². The van der Waals surface area contributed by atoms with Crippen LogP contribution in [-0.4, -0.2) is 44.6 Å². The van der Waals surface area contributed by atoms with Crippen LogP contribution in [-0.2, 0) is 4.79 Å². The van der Waals surface area contributed by atoms with Crippen molar-refractivity contribution in [3.8, 4) is 5.75 Å². The number of nitrogens with zero attached hydrogens (tertiary/aromatic N) is 2. The predicted molar refractivity (Wildman–Crippen MR) is 76.4 cm³/mol. The van der Waals surface area contributed by atoms with Crippen LogP contribution >= 0.6 is 0 Å². The average molecular weight is 281 g/mol. The van der Waals surface area contributed by atoms with E-state index in [1.165, 1.54) is 13.2 Å². The van der Waals surface area contributed by atoms with Gasteiger partial charge in [0.25, 0.3) is 0 Å². The first-order chi connectivity index (χ1) is 9.45. The second-order valence-electron chi connectivity index (χ2n) is 5.13. The molecule has 110 valence electrons. The minimum absolute atomic E-state index is 0.0326. The first-order valence-corrected chi connectivity index (χ1v) is 6.56. The molecule has 1 atom stereocenters. The number of carbonyl (C=O) groups excluding carboxylic acids is 1. The minimum atomic E-state index is -0.497. The second-order valence-corrected chi connectivity index (χ2v) is 5.13. The molecule has 0 aromatic heterocycles. The third kappa shape index (κ3) is 2.50. The van der Waals surface area contributed by atoms with Crippen LogP contribution in [0.2, 0.25) is 0 Å². The number of amides is 1. The van der Waals surface area contributed by atoms with Crippen molar-refractivity contribution in [1.29, 1.82) is 0 Å². The quantitative estimate of drug-likeness (QED) is 0.852. The van der Waals surface area contributed by atoms with Gasteiger partial charge in [0.1, 0.15) is 6.04 Å². The molecule has 1 saturated heterocycles. The molecular formula is C14H20FN3O2. The Balaban J connectivity index is 2.37. The van der Waals surface area contributed by atoms with Crippen molar-refractivity contribution >= 4 is 17.3 Å².